The minimum absolute atomic E-state index is 0.202. The number of halogens is 1. The fourth-order valence-electron chi connectivity index (χ4n) is 3.86. The first-order valence-corrected chi connectivity index (χ1v) is 12.3. The topological polar surface area (TPSA) is 52.4 Å². The van der Waals surface area contributed by atoms with E-state index < -0.39 is 0 Å². The number of nitrogens with zero attached hydrogens (tertiary/aromatic N) is 4. The van der Waals surface area contributed by atoms with E-state index in [1.807, 2.05) is 18.2 Å². The number of rotatable bonds is 8. The lowest BCUT2D eigenvalue weighted by Gasteiger charge is -2.23. The first-order valence-electron chi connectivity index (χ1n) is 10.9. The molecule has 0 bridgehead atoms. The summed E-state index contributed by atoms with van der Waals surface area (Å²) in [5, 5.41) is 10.6. The second kappa shape index (κ2) is 10.6. The van der Waals surface area contributed by atoms with Gasteiger partial charge in [0.15, 0.2) is 22.5 Å². The van der Waals surface area contributed by atoms with Gasteiger partial charge in [-0.15, -0.1) is 10.2 Å². The average Bonchev–Trinajstić information content (AvgIpc) is 3.00. The van der Waals surface area contributed by atoms with Crippen molar-refractivity contribution in [3.8, 4) is 11.5 Å². The maximum Gasteiger partial charge on any atom is 0.191 e. The molecular formula is C24H29ClN4O2S. The largest absolute Gasteiger partial charge is 0.489 e. The molecule has 0 spiro atoms. The molecule has 0 saturated heterocycles. The number of benzene rings is 2. The van der Waals surface area contributed by atoms with E-state index in [1.54, 1.807) is 11.8 Å². The minimum Gasteiger partial charge on any atom is -0.489 e. The zero-order chi connectivity index (χ0) is 22.5. The zero-order valence-electron chi connectivity index (χ0n) is 18.8. The lowest BCUT2D eigenvalue weighted by molar-refractivity contribution is 0.272. The summed E-state index contributed by atoms with van der Waals surface area (Å²) in [5.41, 5.74) is 2.29. The summed E-state index contributed by atoms with van der Waals surface area (Å²) in [6.07, 6.45) is 1.81. The molecule has 2 aromatic carbocycles. The van der Waals surface area contributed by atoms with Gasteiger partial charge in [-0.3, -0.25) is 4.90 Å². The van der Waals surface area contributed by atoms with Gasteiger partial charge >= 0.3 is 0 Å². The zero-order valence-corrected chi connectivity index (χ0v) is 20.3. The standard InChI is InChI=1S/C24H29ClN4O2S/c1-4-20(28(2)3)23-26-27-24(29(23)15-17-9-6-5-7-10-17)32-16-18-13-19(25)22-21(14-18)30-11-8-12-31-22/h5-7,9-10,13-14,20H,4,8,11-12,15-16H2,1-3H3. The number of hydrogen-bond donors (Lipinski definition) is 0. The van der Waals surface area contributed by atoms with E-state index in [9.17, 15) is 0 Å². The first-order chi connectivity index (χ1) is 15.6. The van der Waals surface area contributed by atoms with Crippen molar-refractivity contribution in [1.82, 2.24) is 19.7 Å². The fraction of sp³-hybridized carbons (Fsp3) is 0.417. The van der Waals surface area contributed by atoms with Gasteiger partial charge in [-0.05, 0) is 43.8 Å². The van der Waals surface area contributed by atoms with Crippen LogP contribution in [0.1, 0.15) is 42.8 Å². The van der Waals surface area contributed by atoms with E-state index in [4.69, 9.17) is 21.1 Å². The van der Waals surface area contributed by atoms with Crippen LogP contribution in [0.15, 0.2) is 47.6 Å². The van der Waals surface area contributed by atoms with E-state index in [2.05, 4.69) is 64.9 Å². The van der Waals surface area contributed by atoms with Crippen molar-refractivity contribution in [3.05, 3.63) is 64.4 Å². The average molecular weight is 473 g/mol. The van der Waals surface area contributed by atoms with Crippen molar-refractivity contribution in [3.63, 3.8) is 0 Å². The van der Waals surface area contributed by atoms with E-state index in [0.29, 0.717) is 29.7 Å². The van der Waals surface area contributed by atoms with E-state index in [1.165, 1.54) is 5.56 Å². The molecule has 1 unspecified atom stereocenters. The molecule has 1 aromatic heterocycles. The second-order valence-electron chi connectivity index (χ2n) is 8.04. The summed E-state index contributed by atoms with van der Waals surface area (Å²) in [6.45, 7) is 4.17. The summed E-state index contributed by atoms with van der Waals surface area (Å²) < 4.78 is 13.8. The Morgan fingerprint density at radius 2 is 1.88 bits per heavy atom. The lowest BCUT2D eigenvalue weighted by atomic mass is 10.2. The van der Waals surface area contributed by atoms with Crippen LogP contribution in [0.5, 0.6) is 11.5 Å². The van der Waals surface area contributed by atoms with Gasteiger partial charge in [0.25, 0.3) is 0 Å². The molecule has 6 nitrogen and oxygen atoms in total. The van der Waals surface area contributed by atoms with Crippen molar-refractivity contribution >= 4 is 23.4 Å². The Morgan fingerprint density at radius 1 is 1.09 bits per heavy atom. The Balaban J connectivity index is 1.60. The van der Waals surface area contributed by atoms with Gasteiger partial charge in [0.1, 0.15) is 0 Å². The number of thioether (sulfide) groups is 1. The fourth-order valence-corrected chi connectivity index (χ4v) is 5.02. The maximum atomic E-state index is 6.49. The van der Waals surface area contributed by atoms with Crippen molar-refractivity contribution < 1.29 is 9.47 Å². The Labute approximate surface area is 198 Å². The molecule has 2 heterocycles. The maximum absolute atomic E-state index is 6.49. The summed E-state index contributed by atoms with van der Waals surface area (Å²) in [6, 6.07) is 14.6. The Kier molecular flexibility index (Phi) is 7.60. The highest BCUT2D eigenvalue weighted by Gasteiger charge is 2.23. The third kappa shape index (κ3) is 5.22. The number of hydrogen-bond acceptors (Lipinski definition) is 6. The predicted octanol–water partition coefficient (Wildman–Crippen LogP) is 5.45. The molecule has 4 rings (SSSR count). The van der Waals surface area contributed by atoms with E-state index in [0.717, 1.165) is 41.7 Å². The number of fused-ring (bicyclic) bond motifs is 1. The molecule has 0 saturated carbocycles. The molecule has 8 heteroatoms. The monoisotopic (exact) mass is 472 g/mol. The Morgan fingerprint density at radius 3 is 2.62 bits per heavy atom. The molecule has 0 radical (unpaired) electrons. The third-order valence-electron chi connectivity index (χ3n) is 5.47. The number of aromatic nitrogens is 3. The summed E-state index contributed by atoms with van der Waals surface area (Å²) in [7, 11) is 4.17. The van der Waals surface area contributed by atoms with Crippen LogP contribution in [0.4, 0.5) is 0 Å². The Bertz CT molecular complexity index is 1040. The predicted molar refractivity (Wildman–Crippen MR) is 129 cm³/mol. The van der Waals surface area contributed by atoms with E-state index in [-0.39, 0.29) is 6.04 Å². The van der Waals surface area contributed by atoms with Gasteiger partial charge in [0.05, 0.1) is 30.8 Å². The molecule has 0 N–H and O–H groups in total. The van der Waals surface area contributed by atoms with Crippen molar-refractivity contribution in [1.29, 1.82) is 0 Å². The SMILES string of the molecule is CCC(c1nnc(SCc2cc(Cl)c3c(c2)OCCCO3)n1Cc1ccccc1)N(C)C. The summed E-state index contributed by atoms with van der Waals surface area (Å²) in [5.74, 6) is 3.06. The van der Waals surface area contributed by atoms with Gasteiger partial charge < -0.3 is 14.0 Å². The van der Waals surface area contributed by atoms with Crippen LogP contribution < -0.4 is 9.47 Å². The van der Waals surface area contributed by atoms with Gasteiger partial charge in [0, 0.05) is 12.2 Å². The number of ether oxygens (including phenoxy) is 2. The molecular weight excluding hydrogens is 444 g/mol. The quantitative estimate of drug-likeness (QED) is 0.406. The first kappa shape index (κ1) is 23.0. The van der Waals surface area contributed by atoms with Crippen LogP contribution in [-0.4, -0.2) is 47.0 Å². The molecule has 0 fully saturated rings. The Hall–Kier alpha value is -2.22. The van der Waals surface area contributed by atoms with Crippen LogP contribution in [0.25, 0.3) is 0 Å². The molecule has 1 atom stereocenters. The second-order valence-corrected chi connectivity index (χ2v) is 9.39. The molecule has 3 aromatic rings. The van der Waals surface area contributed by atoms with Crippen LogP contribution in [0.3, 0.4) is 0 Å². The molecule has 1 aliphatic heterocycles. The normalized spacial score (nSPS) is 14.4. The molecule has 0 amide bonds. The van der Waals surface area contributed by atoms with Gasteiger partial charge in [-0.1, -0.05) is 60.6 Å². The van der Waals surface area contributed by atoms with Crippen molar-refractivity contribution in [2.45, 2.75) is 43.3 Å². The van der Waals surface area contributed by atoms with Crippen molar-refractivity contribution in [2.24, 2.45) is 0 Å². The minimum atomic E-state index is 0.202. The highest BCUT2D eigenvalue weighted by Crippen LogP contribution is 2.39. The lowest BCUT2D eigenvalue weighted by Crippen LogP contribution is -2.23. The molecule has 32 heavy (non-hydrogen) atoms. The summed E-state index contributed by atoms with van der Waals surface area (Å²) in [4.78, 5) is 2.20. The van der Waals surface area contributed by atoms with Crippen LogP contribution >= 0.6 is 23.4 Å². The highest BCUT2D eigenvalue weighted by molar-refractivity contribution is 7.98. The molecule has 170 valence electrons. The van der Waals surface area contributed by atoms with E-state index >= 15 is 0 Å². The van der Waals surface area contributed by atoms with Gasteiger partial charge in [-0.25, -0.2) is 0 Å². The van der Waals surface area contributed by atoms with Crippen LogP contribution in [0, 0.1) is 0 Å². The summed E-state index contributed by atoms with van der Waals surface area (Å²) >= 11 is 8.15. The molecule has 1 aliphatic rings. The van der Waals surface area contributed by atoms with Crippen molar-refractivity contribution in [2.75, 3.05) is 27.3 Å². The van der Waals surface area contributed by atoms with Crippen LogP contribution in [0.2, 0.25) is 5.02 Å². The van der Waals surface area contributed by atoms with Crippen LogP contribution in [-0.2, 0) is 12.3 Å². The highest BCUT2D eigenvalue weighted by atomic mass is 35.5. The molecule has 0 aliphatic carbocycles. The smallest absolute Gasteiger partial charge is 0.191 e. The third-order valence-corrected chi connectivity index (χ3v) is 6.79. The van der Waals surface area contributed by atoms with Gasteiger partial charge in [-0.2, -0.15) is 0 Å². The van der Waals surface area contributed by atoms with Gasteiger partial charge in [0.2, 0.25) is 0 Å².